The predicted molar refractivity (Wildman–Crippen MR) is 134 cm³/mol. The zero-order valence-corrected chi connectivity index (χ0v) is 19.4. The second-order valence-corrected chi connectivity index (χ2v) is 8.46. The maximum atomic E-state index is 12.4. The van der Waals surface area contributed by atoms with E-state index in [1.165, 1.54) is 22.9 Å². The molecule has 0 atom stereocenters. The molecule has 1 aromatic heterocycles. The normalized spacial score (nSPS) is 11.1. The largest absolute Gasteiger partial charge is 0.272 e. The first-order chi connectivity index (χ1) is 16.1. The Labute approximate surface area is 197 Å². The number of aryl methyl sites for hydroxylation is 2. The lowest BCUT2D eigenvalue weighted by Crippen LogP contribution is -2.20. The van der Waals surface area contributed by atoms with E-state index in [2.05, 4.69) is 39.8 Å². The SMILES string of the molecule is CCc1ccc(/C=N\NC(=O)CSc2nnc(-c3ccc(C)cc3)n2-c2ccccc2)cc1. The summed E-state index contributed by atoms with van der Waals surface area (Å²) in [6.45, 7) is 4.16. The Hall–Kier alpha value is -3.71. The molecule has 4 aromatic rings. The molecule has 4 rings (SSSR count). The molecule has 33 heavy (non-hydrogen) atoms. The van der Waals surface area contributed by atoms with Crippen molar-refractivity contribution >= 4 is 23.9 Å². The maximum absolute atomic E-state index is 12.4. The van der Waals surface area contributed by atoms with Crippen molar-refractivity contribution in [1.82, 2.24) is 20.2 Å². The summed E-state index contributed by atoms with van der Waals surface area (Å²) >= 11 is 1.32. The van der Waals surface area contributed by atoms with Gasteiger partial charge in [-0.2, -0.15) is 5.10 Å². The summed E-state index contributed by atoms with van der Waals surface area (Å²) in [6.07, 6.45) is 2.63. The van der Waals surface area contributed by atoms with Crippen LogP contribution in [0, 0.1) is 6.92 Å². The minimum atomic E-state index is -0.207. The molecule has 0 spiro atoms. The molecule has 0 fully saturated rings. The molecule has 0 aliphatic rings. The predicted octanol–water partition coefficient (Wildman–Crippen LogP) is 5.05. The smallest absolute Gasteiger partial charge is 0.250 e. The minimum absolute atomic E-state index is 0.172. The van der Waals surface area contributed by atoms with E-state index in [-0.39, 0.29) is 11.7 Å². The number of benzene rings is 3. The van der Waals surface area contributed by atoms with E-state index in [1.54, 1.807) is 6.21 Å². The van der Waals surface area contributed by atoms with Crippen LogP contribution in [0.25, 0.3) is 17.1 Å². The van der Waals surface area contributed by atoms with E-state index >= 15 is 0 Å². The van der Waals surface area contributed by atoms with Crippen molar-refractivity contribution < 1.29 is 4.79 Å². The van der Waals surface area contributed by atoms with Crippen molar-refractivity contribution in [2.75, 3.05) is 5.75 Å². The van der Waals surface area contributed by atoms with Gasteiger partial charge in [0.2, 0.25) is 0 Å². The molecule has 0 saturated carbocycles. The Bertz CT molecular complexity index is 1230. The van der Waals surface area contributed by atoms with Crippen LogP contribution in [0.3, 0.4) is 0 Å². The molecule has 6 nitrogen and oxygen atoms in total. The number of aromatic nitrogens is 3. The number of nitrogens with zero attached hydrogens (tertiary/aromatic N) is 4. The third-order valence-electron chi connectivity index (χ3n) is 5.08. The van der Waals surface area contributed by atoms with E-state index in [0.717, 1.165) is 29.1 Å². The van der Waals surface area contributed by atoms with E-state index in [4.69, 9.17) is 0 Å². The molecule has 0 aliphatic carbocycles. The maximum Gasteiger partial charge on any atom is 0.250 e. The number of carbonyl (C=O) groups excluding carboxylic acids is 1. The Kier molecular flexibility index (Phi) is 7.32. The van der Waals surface area contributed by atoms with Crippen LogP contribution in [0.2, 0.25) is 0 Å². The zero-order chi connectivity index (χ0) is 23.0. The highest BCUT2D eigenvalue weighted by Gasteiger charge is 2.17. The van der Waals surface area contributed by atoms with Crippen LogP contribution >= 0.6 is 11.8 Å². The molecule has 0 bridgehead atoms. The molecule has 0 radical (unpaired) electrons. The molecule has 0 aliphatic heterocycles. The lowest BCUT2D eigenvalue weighted by atomic mass is 10.1. The van der Waals surface area contributed by atoms with Crippen LogP contribution in [0.15, 0.2) is 89.1 Å². The van der Waals surface area contributed by atoms with Crippen molar-refractivity contribution in [3.63, 3.8) is 0 Å². The average Bonchev–Trinajstić information content (AvgIpc) is 3.28. The molecule has 7 heteroatoms. The number of amides is 1. The van der Waals surface area contributed by atoms with E-state index < -0.39 is 0 Å². The fourth-order valence-electron chi connectivity index (χ4n) is 3.24. The number of carbonyl (C=O) groups is 1. The second-order valence-electron chi connectivity index (χ2n) is 7.52. The summed E-state index contributed by atoms with van der Waals surface area (Å²) in [5.74, 6) is 0.698. The van der Waals surface area contributed by atoms with Gasteiger partial charge in [-0.25, -0.2) is 5.43 Å². The first-order valence-corrected chi connectivity index (χ1v) is 11.7. The van der Waals surface area contributed by atoms with E-state index in [1.807, 2.05) is 78.2 Å². The van der Waals surface area contributed by atoms with Crippen LogP contribution in [-0.4, -0.2) is 32.6 Å². The lowest BCUT2D eigenvalue weighted by Gasteiger charge is -2.10. The van der Waals surface area contributed by atoms with Gasteiger partial charge in [-0.15, -0.1) is 10.2 Å². The number of rotatable bonds is 8. The summed E-state index contributed by atoms with van der Waals surface area (Å²) in [7, 11) is 0. The number of nitrogens with one attached hydrogen (secondary N) is 1. The van der Waals surface area contributed by atoms with Crippen molar-refractivity contribution in [3.05, 3.63) is 95.6 Å². The summed E-state index contributed by atoms with van der Waals surface area (Å²) < 4.78 is 1.97. The lowest BCUT2D eigenvalue weighted by molar-refractivity contribution is -0.118. The van der Waals surface area contributed by atoms with E-state index in [0.29, 0.717) is 5.16 Å². The Morgan fingerprint density at radius 2 is 1.73 bits per heavy atom. The Morgan fingerprint density at radius 3 is 2.42 bits per heavy atom. The minimum Gasteiger partial charge on any atom is -0.272 e. The number of hydrogen-bond donors (Lipinski definition) is 1. The van der Waals surface area contributed by atoms with Gasteiger partial charge in [0.05, 0.1) is 12.0 Å². The third-order valence-corrected chi connectivity index (χ3v) is 6.01. The van der Waals surface area contributed by atoms with Gasteiger partial charge < -0.3 is 0 Å². The third kappa shape index (κ3) is 5.75. The number of hydrazone groups is 1. The van der Waals surface area contributed by atoms with Crippen LogP contribution < -0.4 is 5.43 Å². The molecule has 0 unspecified atom stereocenters. The van der Waals surface area contributed by atoms with Gasteiger partial charge in [0.1, 0.15) is 0 Å². The van der Waals surface area contributed by atoms with Crippen LogP contribution in [-0.2, 0) is 11.2 Å². The fourth-order valence-corrected chi connectivity index (χ4v) is 3.99. The van der Waals surface area contributed by atoms with E-state index in [9.17, 15) is 4.79 Å². The van der Waals surface area contributed by atoms with Crippen LogP contribution in [0.1, 0.15) is 23.6 Å². The van der Waals surface area contributed by atoms with Crippen molar-refractivity contribution in [3.8, 4) is 17.1 Å². The van der Waals surface area contributed by atoms with Gasteiger partial charge in [-0.1, -0.05) is 91.0 Å². The number of para-hydroxylation sites is 1. The molecule has 0 saturated heterocycles. The number of hydrogen-bond acceptors (Lipinski definition) is 5. The van der Waals surface area contributed by atoms with Gasteiger partial charge >= 0.3 is 0 Å². The zero-order valence-electron chi connectivity index (χ0n) is 18.6. The number of thioether (sulfide) groups is 1. The first kappa shape index (κ1) is 22.5. The molecular weight excluding hydrogens is 430 g/mol. The van der Waals surface area contributed by atoms with Gasteiger partial charge in [-0.05, 0) is 36.6 Å². The Morgan fingerprint density at radius 1 is 1.00 bits per heavy atom. The van der Waals surface area contributed by atoms with Gasteiger partial charge in [0.25, 0.3) is 5.91 Å². The highest BCUT2D eigenvalue weighted by Crippen LogP contribution is 2.28. The molecule has 1 heterocycles. The van der Waals surface area contributed by atoms with Crippen molar-refractivity contribution in [2.45, 2.75) is 25.4 Å². The summed E-state index contributed by atoms with van der Waals surface area (Å²) in [4.78, 5) is 12.4. The van der Waals surface area contributed by atoms with Crippen molar-refractivity contribution in [1.29, 1.82) is 0 Å². The highest BCUT2D eigenvalue weighted by atomic mass is 32.2. The van der Waals surface area contributed by atoms with Crippen molar-refractivity contribution in [2.24, 2.45) is 5.10 Å². The second kappa shape index (κ2) is 10.7. The first-order valence-electron chi connectivity index (χ1n) is 10.8. The standard InChI is InChI=1S/C26H25N5OS/c1-3-20-11-13-21(14-12-20)17-27-28-24(32)18-33-26-30-29-25(22-15-9-19(2)10-16-22)31(26)23-7-5-4-6-8-23/h4-17H,3,18H2,1-2H3,(H,28,32)/b27-17-. The van der Waals surface area contributed by atoms with Gasteiger partial charge in [0, 0.05) is 11.3 Å². The molecule has 3 aromatic carbocycles. The van der Waals surface area contributed by atoms with Gasteiger partial charge in [0.15, 0.2) is 11.0 Å². The Balaban J connectivity index is 1.46. The summed E-state index contributed by atoms with van der Waals surface area (Å²) in [5.41, 5.74) is 7.87. The topological polar surface area (TPSA) is 72.2 Å². The molecular formula is C26H25N5OS. The summed E-state index contributed by atoms with van der Waals surface area (Å²) in [5, 5.41) is 13.5. The summed E-state index contributed by atoms with van der Waals surface area (Å²) in [6, 6.07) is 26.1. The fraction of sp³-hybridized carbons (Fsp3) is 0.154. The van der Waals surface area contributed by atoms with Gasteiger partial charge in [-0.3, -0.25) is 9.36 Å². The monoisotopic (exact) mass is 455 g/mol. The average molecular weight is 456 g/mol. The quantitative estimate of drug-likeness (QED) is 0.229. The highest BCUT2D eigenvalue weighted by molar-refractivity contribution is 7.99. The van der Waals surface area contributed by atoms with Crippen LogP contribution in [0.5, 0.6) is 0 Å². The molecule has 166 valence electrons. The molecule has 1 N–H and O–H groups in total. The van der Waals surface area contributed by atoms with Crippen LogP contribution in [0.4, 0.5) is 0 Å². The molecule has 1 amide bonds.